The van der Waals surface area contributed by atoms with E-state index in [1.807, 2.05) is 6.20 Å². The molecule has 1 aliphatic carbocycles. The molecule has 0 amide bonds. The number of aryl methyl sites for hydroxylation is 1. The van der Waals surface area contributed by atoms with Crippen molar-refractivity contribution >= 4 is 0 Å². The lowest BCUT2D eigenvalue weighted by molar-refractivity contribution is 0.402. The van der Waals surface area contributed by atoms with E-state index >= 15 is 0 Å². The van der Waals surface area contributed by atoms with Gasteiger partial charge in [0.2, 0.25) is 0 Å². The van der Waals surface area contributed by atoms with Crippen LogP contribution in [0.5, 0.6) is 0 Å². The molecule has 15 heavy (non-hydrogen) atoms. The molecule has 1 aromatic rings. The van der Waals surface area contributed by atoms with Crippen LogP contribution in [0.25, 0.3) is 0 Å². The van der Waals surface area contributed by atoms with Gasteiger partial charge in [-0.05, 0) is 57.6 Å². The van der Waals surface area contributed by atoms with Gasteiger partial charge in [0.15, 0.2) is 0 Å². The van der Waals surface area contributed by atoms with Gasteiger partial charge in [-0.2, -0.15) is 5.10 Å². The summed E-state index contributed by atoms with van der Waals surface area (Å²) < 4.78 is 2.18. The van der Waals surface area contributed by atoms with Crippen LogP contribution in [0.1, 0.15) is 44.0 Å². The van der Waals surface area contributed by atoms with Crippen LogP contribution < -0.4 is 5.73 Å². The minimum absolute atomic E-state index is 0.477. The van der Waals surface area contributed by atoms with Crippen molar-refractivity contribution in [1.29, 1.82) is 0 Å². The monoisotopic (exact) mass is 207 g/mol. The molecule has 84 valence electrons. The molecular formula is C12H21N3. The molecule has 0 bridgehead atoms. The number of nitrogens with two attached hydrogens (primary N) is 1. The highest BCUT2D eigenvalue weighted by Crippen LogP contribution is 2.28. The van der Waals surface area contributed by atoms with E-state index < -0.39 is 0 Å². The maximum absolute atomic E-state index is 5.63. The van der Waals surface area contributed by atoms with Gasteiger partial charge in [0.1, 0.15) is 0 Å². The fourth-order valence-corrected chi connectivity index (χ4v) is 2.52. The third kappa shape index (κ3) is 2.07. The minimum Gasteiger partial charge on any atom is -0.330 e. The minimum atomic E-state index is 0.477. The van der Waals surface area contributed by atoms with Crippen LogP contribution in [0.15, 0.2) is 6.20 Å². The van der Waals surface area contributed by atoms with Gasteiger partial charge in [0.05, 0.1) is 6.20 Å². The van der Waals surface area contributed by atoms with E-state index in [4.69, 9.17) is 5.73 Å². The van der Waals surface area contributed by atoms with Crippen LogP contribution in [-0.4, -0.2) is 16.3 Å². The summed E-state index contributed by atoms with van der Waals surface area (Å²) in [6.45, 7) is 5.20. The Balaban J connectivity index is 2.18. The number of hydrogen-bond donors (Lipinski definition) is 1. The molecule has 0 saturated heterocycles. The fraction of sp³-hybridized carbons (Fsp3) is 0.750. The number of hydrogen-bond acceptors (Lipinski definition) is 2. The van der Waals surface area contributed by atoms with E-state index in [9.17, 15) is 0 Å². The van der Waals surface area contributed by atoms with Crippen LogP contribution in [-0.2, 0) is 12.8 Å². The van der Waals surface area contributed by atoms with Gasteiger partial charge >= 0.3 is 0 Å². The van der Waals surface area contributed by atoms with E-state index in [1.54, 1.807) is 0 Å². The molecule has 1 heterocycles. The van der Waals surface area contributed by atoms with E-state index in [0.717, 1.165) is 18.9 Å². The lowest BCUT2D eigenvalue weighted by Gasteiger charge is -2.23. The first kappa shape index (κ1) is 10.7. The SMILES string of the molecule is CC(C)n1ncc2c1CC(CCN)CC2. The Bertz CT molecular complexity index is 328. The van der Waals surface area contributed by atoms with Crippen molar-refractivity contribution in [2.75, 3.05) is 6.54 Å². The predicted molar refractivity (Wildman–Crippen MR) is 61.8 cm³/mol. The Hall–Kier alpha value is -0.830. The van der Waals surface area contributed by atoms with Crippen LogP contribution in [0.2, 0.25) is 0 Å². The average molecular weight is 207 g/mol. The van der Waals surface area contributed by atoms with E-state index in [2.05, 4.69) is 23.6 Å². The third-order valence-corrected chi connectivity index (χ3v) is 3.35. The molecule has 1 aliphatic rings. The first-order valence-electron chi connectivity index (χ1n) is 5.97. The lowest BCUT2D eigenvalue weighted by Crippen LogP contribution is -2.20. The second-order valence-electron chi connectivity index (χ2n) is 4.84. The molecule has 2 rings (SSSR count). The van der Waals surface area contributed by atoms with Gasteiger partial charge in [-0.3, -0.25) is 4.68 Å². The maximum atomic E-state index is 5.63. The maximum Gasteiger partial charge on any atom is 0.0524 e. The highest BCUT2D eigenvalue weighted by atomic mass is 15.3. The summed E-state index contributed by atoms with van der Waals surface area (Å²) in [6.07, 6.45) is 6.85. The topological polar surface area (TPSA) is 43.8 Å². The van der Waals surface area contributed by atoms with Crippen molar-refractivity contribution in [3.63, 3.8) is 0 Å². The summed E-state index contributed by atoms with van der Waals surface area (Å²) >= 11 is 0. The molecule has 0 aromatic carbocycles. The molecule has 0 radical (unpaired) electrons. The molecular weight excluding hydrogens is 186 g/mol. The van der Waals surface area contributed by atoms with Crippen molar-refractivity contribution < 1.29 is 0 Å². The van der Waals surface area contributed by atoms with E-state index in [1.165, 1.54) is 30.5 Å². The zero-order chi connectivity index (χ0) is 10.8. The summed E-state index contributed by atoms with van der Waals surface area (Å²) in [6, 6.07) is 0.477. The van der Waals surface area contributed by atoms with E-state index in [-0.39, 0.29) is 0 Å². The van der Waals surface area contributed by atoms with Gasteiger partial charge < -0.3 is 5.73 Å². The first-order chi connectivity index (χ1) is 7.22. The number of nitrogens with zero attached hydrogens (tertiary/aromatic N) is 2. The van der Waals surface area contributed by atoms with Crippen molar-refractivity contribution in [1.82, 2.24) is 9.78 Å². The quantitative estimate of drug-likeness (QED) is 0.823. The van der Waals surface area contributed by atoms with Crippen molar-refractivity contribution in [2.24, 2.45) is 11.7 Å². The second-order valence-corrected chi connectivity index (χ2v) is 4.84. The van der Waals surface area contributed by atoms with E-state index in [0.29, 0.717) is 6.04 Å². The number of aromatic nitrogens is 2. The standard InChI is InChI=1S/C12H21N3/c1-9(2)15-12-7-10(5-6-13)3-4-11(12)8-14-15/h8-10H,3-7,13H2,1-2H3. The third-order valence-electron chi connectivity index (χ3n) is 3.35. The largest absolute Gasteiger partial charge is 0.330 e. The Morgan fingerprint density at radius 3 is 3.07 bits per heavy atom. The molecule has 0 spiro atoms. The van der Waals surface area contributed by atoms with Gasteiger partial charge in [-0.15, -0.1) is 0 Å². The number of rotatable bonds is 3. The fourth-order valence-electron chi connectivity index (χ4n) is 2.52. The Morgan fingerprint density at radius 1 is 1.60 bits per heavy atom. The van der Waals surface area contributed by atoms with Crippen LogP contribution >= 0.6 is 0 Å². The highest BCUT2D eigenvalue weighted by molar-refractivity contribution is 5.22. The summed E-state index contributed by atoms with van der Waals surface area (Å²) in [5, 5.41) is 4.48. The molecule has 1 aromatic heterocycles. The molecule has 1 unspecified atom stereocenters. The van der Waals surface area contributed by atoms with Crippen LogP contribution in [0.3, 0.4) is 0 Å². The zero-order valence-corrected chi connectivity index (χ0v) is 9.74. The lowest BCUT2D eigenvalue weighted by atomic mass is 9.86. The smallest absolute Gasteiger partial charge is 0.0524 e. The zero-order valence-electron chi connectivity index (χ0n) is 9.74. The average Bonchev–Trinajstić information content (AvgIpc) is 2.61. The predicted octanol–water partition coefficient (Wildman–Crippen LogP) is 1.92. The van der Waals surface area contributed by atoms with Gasteiger partial charge in [0.25, 0.3) is 0 Å². The summed E-state index contributed by atoms with van der Waals surface area (Å²) in [4.78, 5) is 0. The van der Waals surface area contributed by atoms with Crippen LogP contribution in [0, 0.1) is 5.92 Å². The molecule has 3 heteroatoms. The van der Waals surface area contributed by atoms with Crippen LogP contribution in [0.4, 0.5) is 0 Å². The molecule has 0 fully saturated rings. The van der Waals surface area contributed by atoms with Crippen molar-refractivity contribution in [3.8, 4) is 0 Å². The molecule has 3 nitrogen and oxygen atoms in total. The molecule has 0 saturated carbocycles. The number of fused-ring (bicyclic) bond motifs is 1. The van der Waals surface area contributed by atoms with Gasteiger partial charge in [-0.25, -0.2) is 0 Å². The van der Waals surface area contributed by atoms with Crippen molar-refractivity contribution in [2.45, 2.75) is 45.6 Å². The summed E-state index contributed by atoms with van der Waals surface area (Å²) in [7, 11) is 0. The molecule has 2 N–H and O–H groups in total. The normalized spacial score (nSPS) is 20.7. The summed E-state index contributed by atoms with van der Waals surface area (Å²) in [5.74, 6) is 0.775. The van der Waals surface area contributed by atoms with Crippen molar-refractivity contribution in [3.05, 3.63) is 17.5 Å². The summed E-state index contributed by atoms with van der Waals surface area (Å²) in [5.41, 5.74) is 8.54. The Morgan fingerprint density at radius 2 is 2.40 bits per heavy atom. The first-order valence-corrected chi connectivity index (χ1v) is 5.97. The Labute approximate surface area is 91.7 Å². The Kier molecular flexibility index (Phi) is 3.10. The molecule has 1 atom stereocenters. The van der Waals surface area contributed by atoms with Gasteiger partial charge in [0, 0.05) is 11.7 Å². The van der Waals surface area contributed by atoms with Gasteiger partial charge in [-0.1, -0.05) is 0 Å². The molecule has 0 aliphatic heterocycles. The second kappa shape index (κ2) is 4.35. The highest BCUT2D eigenvalue weighted by Gasteiger charge is 2.22.